The molecular formula is C20H19N3O6. The first-order valence-electron chi connectivity index (χ1n) is 9.06. The summed E-state index contributed by atoms with van der Waals surface area (Å²) in [5.74, 6) is 0.596. The molecule has 0 saturated heterocycles. The van der Waals surface area contributed by atoms with Crippen LogP contribution in [0.5, 0.6) is 11.5 Å². The molecule has 0 aromatic heterocycles. The van der Waals surface area contributed by atoms with Crippen LogP contribution in [0, 0.1) is 26.1 Å². The maximum absolute atomic E-state index is 11.5. The summed E-state index contributed by atoms with van der Waals surface area (Å²) in [4.78, 5) is 21.9. The van der Waals surface area contributed by atoms with Crippen LogP contribution < -0.4 is 14.8 Å². The third-order valence-corrected chi connectivity index (χ3v) is 5.61. The minimum atomic E-state index is -0.465. The van der Waals surface area contributed by atoms with Crippen LogP contribution >= 0.6 is 0 Å². The van der Waals surface area contributed by atoms with Crippen molar-refractivity contribution in [3.05, 3.63) is 73.8 Å². The third kappa shape index (κ3) is 3.04. The Morgan fingerprint density at radius 2 is 1.79 bits per heavy atom. The number of benzene rings is 2. The van der Waals surface area contributed by atoms with Gasteiger partial charge in [-0.3, -0.25) is 20.2 Å². The molecule has 0 amide bonds. The van der Waals surface area contributed by atoms with E-state index in [0.29, 0.717) is 11.4 Å². The van der Waals surface area contributed by atoms with Gasteiger partial charge in [-0.15, -0.1) is 0 Å². The maximum Gasteiger partial charge on any atom is 0.311 e. The van der Waals surface area contributed by atoms with Gasteiger partial charge in [0.25, 0.3) is 5.69 Å². The van der Waals surface area contributed by atoms with Gasteiger partial charge in [-0.05, 0) is 29.5 Å². The molecule has 1 N–H and O–H groups in total. The van der Waals surface area contributed by atoms with Gasteiger partial charge in [0, 0.05) is 18.1 Å². The molecule has 2 aliphatic rings. The van der Waals surface area contributed by atoms with Crippen molar-refractivity contribution in [1.82, 2.24) is 0 Å². The summed E-state index contributed by atoms with van der Waals surface area (Å²) in [7, 11) is 2.86. The van der Waals surface area contributed by atoms with Gasteiger partial charge < -0.3 is 14.8 Å². The lowest BCUT2D eigenvalue weighted by Crippen LogP contribution is -2.29. The van der Waals surface area contributed by atoms with Crippen molar-refractivity contribution in [2.45, 2.75) is 18.4 Å². The Balaban J connectivity index is 1.83. The van der Waals surface area contributed by atoms with Gasteiger partial charge in [-0.2, -0.15) is 0 Å². The van der Waals surface area contributed by atoms with E-state index in [0.717, 1.165) is 17.5 Å². The van der Waals surface area contributed by atoms with Crippen LogP contribution in [-0.4, -0.2) is 24.1 Å². The molecule has 2 aromatic carbocycles. The van der Waals surface area contributed by atoms with Crippen molar-refractivity contribution in [3.8, 4) is 11.5 Å². The molecule has 1 unspecified atom stereocenters. The number of methoxy groups -OCH3 is 2. The number of hydrogen-bond donors (Lipinski definition) is 1. The normalized spacial score (nSPS) is 21.7. The Kier molecular flexibility index (Phi) is 4.57. The van der Waals surface area contributed by atoms with Crippen LogP contribution in [0.2, 0.25) is 0 Å². The molecule has 29 heavy (non-hydrogen) atoms. The van der Waals surface area contributed by atoms with E-state index in [1.54, 1.807) is 12.1 Å². The lowest BCUT2D eigenvalue weighted by molar-refractivity contribution is -0.385. The van der Waals surface area contributed by atoms with E-state index in [-0.39, 0.29) is 35.0 Å². The van der Waals surface area contributed by atoms with E-state index in [4.69, 9.17) is 9.47 Å². The first-order chi connectivity index (χ1) is 13.9. The first kappa shape index (κ1) is 18.7. The summed E-state index contributed by atoms with van der Waals surface area (Å²) in [6.45, 7) is 0. The zero-order valence-corrected chi connectivity index (χ0v) is 15.8. The number of nitro groups is 2. The largest absolute Gasteiger partial charge is 0.494 e. The number of nitrogens with one attached hydrogen (secondary N) is 1. The second-order valence-electron chi connectivity index (χ2n) is 7.03. The van der Waals surface area contributed by atoms with Gasteiger partial charge in [0.05, 0.1) is 41.9 Å². The molecule has 150 valence electrons. The molecule has 1 aliphatic carbocycles. The number of rotatable bonds is 5. The number of fused-ring (bicyclic) bond motifs is 3. The monoisotopic (exact) mass is 397 g/mol. The van der Waals surface area contributed by atoms with Crippen LogP contribution in [-0.2, 0) is 0 Å². The molecule has 9 heteroatoms. The SMILES string of the molecule is COc1ccc(C2Nc3c(OC)cc([N+](=O)[O-])cc3[C@@H]3C=CC[C@H]23)cc1[N+](=O)[O-]. The van der Waals surface area contributed by atoms with E-state index >= 15 is 0 Å². The van der Waals surface area contributed by atoms with Crippen LogP contribution in [0.4, 0.5) is 17.1 Å². The Morgan fingerprint density at radius 3 is 2.45 bits per heavy atom. The molecule has 0 radical (unpaired) electrons. The number of allylic oxidation sites excluding steroid dienone is 2. The van der Waals surface area contributed by atoms with Gasteiger partial charge >= 0.3 is 5.69 Å². The van der Waals surface area contributed by atoms with Crippen molar-refractivity contribution in [3.63, 3.8) is 0 Å². The second-order valence-corrected chi connectivity index (χ2v) is 7.03. The van der Waals surface area contributed by atoms with Crippen LogP contribution in [0.1, 0.15) is 29.5 Å². The van der Waals surface area contributed by atoms with Gasteiger partial charge in [-0.25, -0.2) is 0 Å². The molecular weight excluding hydrogens is 378 g/mol. The van der Waals surface area contributed by atoms with Crippen molar-refractivity contribution >= 4 is 17.1 Å². The van der Waals surface area contributed by atoms with E-state index in [1.165, 1.54) is 26.4 Å². The number of anilines is 1. The molecule has 0 bridgehead atoms. The summed E-state index contributed by atoms with van der Waals surface area (Å²) in [6.07, 6.45) is 4.84. The molecule has 9 nitrogen and oxygen atoms in total. The minimum Gasteiger partial charge on any atom is -0.494 e. The lowest BCUT2D eigenvalue weighted by atomic mass is 9.76. The summed E-state index contributed by atoms with van der Waals surface area (Å²) in [6, 6.07) is 7.66. The maximum atomic E-state index is 11.5. The van der Waals surface area contributed by atoms with Crippen molar-refractivity contribution in [1.29, 1.82) is 0 Å². The smallest absolute Gasteiger partial charge is 0.311 e. The zero-order chi connectivity index (χ0) is 20.7. The van der Waals surface area contributed by atoms with Gasteiger partial charge in [0.15, 0.2) is 5.75 Å². The van der Waals surface area contributed by atoms with Crippen LogP contribution in [0.15, 0.2) is 42.5 Å². The van der Waals surface area contributed by atoms with E-state index in [2.05, 4.69) is 5.32 Å². The molecule has 1 heterocycles. The number of hydrogen-bond acceptors (Lipinski definition) is 7. The van der Waals surface area contributed by atoms with E-state index in [9.17, 15) is 20.2 Å². The van der Waals surface area contributed by atoms with Crippen molar-refractivity contribution in [2.75, 3.05) is 19.5 Å². The molecule has 1 aliphatic heterocycles. The summed E-state index contributed by atoms with van der Waals surface area (Å²) < 4.78 is 10.5. The average Bonchev–Trinajstić information content (AvgIpc) is 3.21. The Bertz CT molecular complexity index is 1040. The van der Waals surface area contributed by atoms with Gasteiger partial charge in [-0.1, -0.05) is 18.2 Å². The average molecular weight is 397 g/mol. The zero-order valence-electron chi connectivity index (χ0n) is 15.8. The quantitative estimate of drug-likeness (QED) is 0.453. The summed E-state index contributed by atoms with van der Waals surface area (Å²) >= 11 is 0. The van der Waals surface area contributed by atoms with Gasteiger partial charge in [0.1, 0.15) is 5.75 Å². The highest BCUT2D eigenvalue weighted by Crippen LogP contribution is 2.53. The number of nitro benzene ring substituents is 2. The highest BCUT2D eigenvalue weighted by molar-refractivity contribution is 5.71. The first-order valence-corrected chi connectivity index (χ1v) is 9.06. The standard InChI is InChI=1S/C20H19N3O6/c1-28-17-7-6-11(8-16(17)23(26)27)19-14-5-3-4-13(14)15-9-12(22(24)25)10-18(29-2)20(15)21-19/h3-4,6-10,13-14,19,21H,5H2,1-2H3/t13-,14+,19?/m1/s1. The topological polar surface area (TPSA) is 117 Å². The molecule has 0 fully saturated rings. The Hall–Kier alpha value is -3.62. The fourth-order valence-electron chi connectivity index (χ4n) is 4.29. The van der Waals surface area contributed by atoms with E-state index < -0.39 is 9.85 Å². The highest BCUT2D eigenvalue weighted by atomic mass is 16.6. The van der Waals surface area contributed by atoms with Crippen LogP contribution in [0.3, 0.4) is 0 Å². The Morgan fingerprint density at radius 1 is 1.03 bits per heavy atom. The fraction of sp³-hybridized carbons (Fsp3) is 0.300. The third-order valence-electron chi connectivity index (χ3n) is 5.61. The predicted octanol–water partition coefficient (Wildman–Crippen LogP) is 4.35. The number of non-ortho nitro benzene ring substituents is 1. The fourth-order valence-corrected chi connectivity index (χ4v) is 4.29. The second kappa shape index (κ2) is 7.08. The van der Waals surface area contributed by atoms with Crippen molar-refractivity contribution < 1.29 is 19.3 Å². The lowest BCUT2D eigenvalue weighted by Gasteiger charge is -2.38. The van der Waals surface area contributed by atoms with Gasteiger partial charge in [0.2, 0.25) is 0 Å². The highest BCUT2D eigenvalue weighted by Gasteiger charge is 2.40. The van der Waals surface area contributed by atoms with E-state index in [1.807, 2.05) is 18.2 Å². The van der Waals surface area contributed by atoms with Crippen molar-refractivity contribution in [2.24, 2.45) is 5.92 Å². The predicted molar refractivity (Wildman–Crippen MR) is 106 cm³/mol. The summed E-state index contributed by atoms with van der Waals surface area (Å²) in [5, 5.41) is 26.2. The molecule has 0 saturated carbocycles. The Labute approximate surface area is 166 Å². The molecule has 3 atom stereocenters. The van der Waals surface area contributed by atoms with Crippen LogP contribution in [0.25, 0.3) is 0 Å². The summed E-state index contributed by atoms with van der Waals surface area (Å²) in [5.41, 5.74) is 2.10. The number of ether oxygens (including phenoxy) is 2. The molecule has 2 aromatic rings. The molecule has 0 spiro atoms. The number of nitrogens with zero attached hydrogens (tertiary/aromatic N) is 2. The minimum absolute atomic E-state index is 0.0278. The molecule has 4 rings (SSSR count).